The van der Waals surface area contributed by atoms with E-state index in [-0.39, 0.29) is 0 Å². The van der Waals surface area contributed by atoms with Gasteiger partial charge in [0.2, 0.25) is 0 Å². The zero-order chi connectivity index (χ0) is 12.9. The number of hydrogen-bond donors (Lipinski definition) is 0. The minimum absolute atomic E-state index is 0.791. The van der Waals surface area contributed by atoms with Crippen LogP contribution in [0.2, 0.25) is 0 Å². The van der Waals surface area contributed by atoms with Crippen LogP contribution in [0.5, 0.6) is 0 Å². The number of likely N-dealkylation sites (tertiary alicyclic amines) is 1. The van der Waals surface area contributed by atoms with Gasteiger partial charge in [-0.2, -0.15) is 0 Å². The lowest BCUT2D eigenvalue weighted by molar-refractivity contribution is 0.167. The van der Waals surface area contributed by atoms with Crippen molar-refractivity contribution < 1.29 is 0 Å². The van der Waals surface area contributed by atoms with Crippen LogP contribution >= 0.6 is 0 Å². The standard InChI is InChI=1S/C15H20N4/c1-2-15(10-16-5-1)12-18-7-3-14(4-8-18)11-19-9-6-17-13-19/h1-2,5-6,9-10,13-14H,3-4,7-8,11-12H2. The Labute approximate surface area is 114 Å². The average Bonchev–Trinajstić information content (AvgIpc) is 2.95. The summed E-state index contributed by atoms with van der Waals surface area (Å²) in [5.74, 6) is 0.791. The maximum Gasteiger partial charge on any atom is 0.0945 e. The molecular formula is C15H20N4. The number of hydrogen-bond acceptors (Lipinski definition) is 3. The first-order valence-corrected chi connectivity index (χ1v) is 6.97. The van der Waals surface area contributed by atoms with Crippen molar-refractivity contribution in [2.24, 2.45) is 5.92 Å². The van der Waals surface area contributed by atoms with Crippen molar-refractivity contribution in [2.75, 3.05) is 13.1 Å². The first-order valence-electron chi connectivity index (χ1n) is 6.97. The summed E-state index contributed by atoms with van der Waals surface area (Å²) in [6.07, 6.45) is 12.2. The summed E-state index contributed by atoms with van der Waals surface area (Å²) < 4.78 is 2.20. The number of rotatable bonds is 4. The summed E-state index contributed by atoms with van der Waals surface area (Å²) in [6.45, 7) is 4.52. The normalized spacial score (nSPS) is 17.7. The summed E-state index contributed by atoms with van der Waals surface area (Å²) in [6, 6.07) is 4.17. The molecule has 0 amide bonds. The maximum absolute atomic E-state index is 4.18. The first-order chi connectivity index (χ1) is 9.40. The van der Waals surface area contributed by atoms with Crippen molar-refractivity contribution >= 4 is 0 Å². The minimum atomic E-state index is 0.791. The molecule has 2 aromatic heterocycles. The highest BCUT2D eigenvalue weighted by molar-refractivity contribution is 5.08. The molecule has 4 nitrogen and oxygen atoms in total. The molecule has 1 saturated heterocycles. The molecule has 3 heterocycles. The third-order valence-corrected chi connectivity index (χ3v) is 3.86. The van der Waals surface area contributed by atoms with Crippen molar-refractivity contribution in [1.29, 1.82) is 0 Å². The fourth-order valence-corrected chi connectivity index (χ4v) is 2.77. The number of pyridine rings is 1. The van der Waals surface area contributed by atoms with E-state index >= 15 is 0 Å². The molecule has 0 N–H and O–H groups in total. The van der Waals surface area contributed by atoms with E-state index in [0.717, 1.165) is 19.0 Å². The molecule has 0 bridgehead atoms. The van der Waals surface area contributed by atoms with Gasteiger partial charge in [0.25, 0.3) is 0 Å². The van der Waals surface area contributed by atoms with E-state index < -0.39 is 0 Å². The van der Waals surface area contributed by atoms with E-state index in [4.69, 9.17) is 0 Å². The Kier molecular flexibility index (Phi) is 3.89. The van der Waals surface area contributed by atoms with Gasteiger partial charge in [-0.3, -0.25) is 9.88 Å². The number of aromatic nitrogens is 3. The van der Waals surface area contributed by atoms with Crippen LogP contribution in [0.25, 0.3) is 0 Å². The van der Waals surface area contributed by atoms with Gasteiger partial charge in [0.05, 0.1) is 6.33 Å². The molecule has 4 heteroatoms. The van der Waals surface area contributed by atoms with Crippen molar-refractivity contribution in [2.45, 2.75) is 25.9 Å². The molecule has 0 aliphatic carbocycles. The highest BCUT2D eigenvalue weighted by Gasteiger charge is 2.19. The van der Waals surface area contributed by atoms with Crippen molar-refractivity contribution in [1.82, 2.24) is 19.4 Å². The molecule has 0 aromatic carbocycles. The average molecular weight is 256 g/mol. The van der Waals surface area contributed by atoms with E-state index in [1.165, 1.54) is 31.5 Å². The summed E-state index contributed by atoms with van der Waals surface area (Å²) in [5.41, 5.74) is 1.32. The van der Waals surface area contributed by atoms with Crippen LogP contribution in [0.15, 0.2) is 43.2 Å². The van der Waals surface area contributed by atoms with Gasteiger partial charge in [-0.1, -0.05) is 6.07 Å². The van der Waals surface area contributed by atoms with Crippen molar-refractivity contribution in [3.05, 3.63) is 48.8 Å². The molecule has 1 aliphatic heterocycles. The Hall–Kier alpha value is -1.68. The third kappa shape index (κ3) is 3.41. The molecule has 100 valence electrons. The third-order valence-electron chi connectivity index (χ3n) is 3.86. The monoisotopic (exact) mass is 256 g/mol. The van der Waals surface area contributed by atoms with Crippen LogP contribution in [0.1, 0.15) is 18.4 Å². The predicted octanol–water partition coefficient (Wildman–Crippen LogP) is 2.19. The van der Waals surface area contributed by atoms with E-state index in [9.17, 15) is 0 Å². The lowest BCUT2D eigenvalue weighted by Crippen LogP contribution is -2.34. The molecule has 2 aromatic rings. The van der Waals surface area contributed by atoms with Crippen LogP contribution < -0.4 is 0 Å². The van der Waals surface area contributed by atoms with Crippen molar-refractivity contribution in [3.63, 3.8) is 0 Å². The van der Waals surface area contributed by atoms with E-state index in [0.29, 0.717) is 0 Å². The van der Waals surface area contributed by atoms with Crippen LogP contribution in [-0.4, -0.2) is 32.5 Å². The molecule has 0 atom stereocenters. The highest BCUT2D eigenvalue weighted by atomic mass is 15.1. The topological polar surface area (TPSA) is 34.0 Å². The zero-order valence-corrected chi connectivity index (χ0v) is 11.2. The molecule has 0 radical (unpaired) electrons. The van der Waals surface area contributed by atoms with Gasteiger partial charge in [0.1, 0.15) is 0 Å². The fraction of sp³-hybridized carbons (Fsp3) is 0.467. The van der Waals surface area contributed by atoms with Gasteiger partial charge in [-0.05, 0) is 43.5 Å². The molecule has 0 spiro atoms. The largest absolute Gasteiger partial charge is 0.337 e. The predicted molar refractivity (Wildman–Crippen MR) is 74.5 cm³/mol. The minimum Gasteiger partial charge on any atom is -0.337 e. The first kappa shape index (κ1) is 12.4. The second-order valence-electron chi connectivity index (χ2n) is 5.34. The van der Waals surface area contributed by atoms with Crippen LogP contribution in [-0.2, 0) is 13.1 Å². The second-order valence-corrected chi connectivity index (χ2v) is 5.34. The molecule has 0 unspecified atom stereocenters. The Morgan fingerprint density at radius 1 is 1.16 bits per heavy atom. The van der Waals surface area contributed by atoms with Crippen molar-refractivity contribution in [3.8, 4) is 0 Å². The quantitative estimate of drug-likeness (QED) is 0.841. The summed E-state index contributed by atoms with van der Waals surface area (Å²) in [5, 5.41) is 0. The molecule has 1 fully saturated rings. The second kappa shape index (κ2) is 5.97. The molecule has 3 rings (SSSR count). The molecule has 1 aliphatic rings. The van der Waals surface area contributed by atoms with Gasteiger partial charge in [-0.25, -0.2) is 4.98 Å². The number of piperidine rings is 1. The maximum atomic E-state index is 4.18. The smallest absolute Gasteiger partial charge is 0.0945 e. The van der Waals surface area contributed by atoms with E-state index in [2.05, 4.69) is 31.7 Å². The lowest BCUT2D eigenvalue weighted by Gasteiger charge is -2.32. The number of imidazole rings is 1. The van der Waals surface area contributed by atoms with Gasteiger partial charge in [-0.15, -0.1) is 0 Å². The molecule has 0 saturated carbocycles. The molecular weight excluding hydrogens is 236 g/mol. The molecule has 19 heavy (non-hydrogen) atoms. The van der Waals surface area contributed by atoms with Crippen LogP contribution in [0.3, 0.4) is 0 Å². The summed E-state index contributed by atoms with van der Waals surface area (Å²) >= 11 is 0. The Bertz CT molecular complexity index is 472. The zero-order valence-electron chi connectivity index (χ0n) is 11.2. The van der Waals surface area contributed by atoms with Crippen LogP contribution in [0, 0.1) is 5.92 Å². The highest BCUT2D eigenvalue weighted by Crippen LogP contribution is 2.20. The van der Waals surface area contributed by atoms with E-state index in [1.54, 1.807) is 0 Å². The number of nitrogens with zero attached hydrogens (tertiary/aromatic N) is 4. The SMILES string of the molecule is c1cncc(CN2CCC(Cn3ccnc3)CC2)c1. The Morgan fingerprint density at radius 3 is 2.74 bits per heavy atom. The lowest BCUT2D eigenvalue weighted by atomic mass is 9.96. The van der Waals surface area contributed by atoms with Gasteiger partial charge in [0.15, 0.2) is 0 Å². The summed E-state index contributed by atoms with van der Waals surface area (Å²) in [4.78, 5) is 10.8. The Morgan fingerprint density at radius 2 is 2.05 bits per heavy atom. The van der Waals surface area contributed by atoms with Crippen LogP contribution in [0.4, 0.5) is 0 Å². The Balaban J connectivity index is 1.47. The van der Waals surface area contributed by atoms with Gasteiger partial charge >= 0.3 is 0 Å². The summed E-state index contributed by atoms with van der Waals surface area (Å²) in [7, 11) is 0. The van der Waals surface area contributed by atoms with E-state index in [1.807, 2.05) is 31.0 Å². The fourth-order valence-electron chi connectivity index (χ4n) is 2.77. The van der Waals surface area contributed by atoms with Gasteiger partial charge in [0, 0.05) is 37.9 Å². The van der Waals surface area contributed by atoms with Gasteiger partial charge < -0.3 is 4.57 Å².